The van der Waals surface area contributed by atoms with Crippen molar-refractivity contribution in [2.24, 2.45) is 5.18 Å². The predicted octanol–water partition coefficient (Wildman–Crippen LogP) is -3.57. The fraction of sp³-hybridized carbons (Fsp3) is 1.00. The average molecular weight is 337 g/mol. The lowest BCUT2D eigenvalue weighted by Gasteiger charge is -2.44. The monoisotopic (exact) mass is 337 g/mol. The molecule has 132 valence electrons. The van der Waals surface area contributed by atoms with Crippen LogP contribution in [0.1, 0.15) is 0 Å². The van der Waals surface area contributed by atoms with Gasteiger partial charge in [-0.15, -0.1) is 0 Å². The van der Waals surface area contributed by atoms with Gasteiger partial charge in [0.05, 0.1) is 13.2 Å². The number of rotatable bonds is 3. The Morgan fingerprint density at radius 2 is 1.43 bits per heavy atom. The summed E-state index contributed by atoms with van der Waals surface area (Å²) in [7, 11) is 0. The van der Waals surface area contributed by atoms with Gasteiger partial charge in [0.15, 0.2) is 6.04 Å². The fourth-order valence-corrected chi connectivity index (χ4v) is 3.14. The molecule has 11 heteroatoms. The van der Waals surface area contributed by atoms with Crippen LogP contribution in [0.2, 0.25) is 0 Å². The average Bonchev–Trinajstić information content (AvgIpc) is 2.97. The van der Waals surface area contributed by atoms with Crippen molar-refractivity contribution >= 4 is 0 Å². The Bertz CT molecular complexity index is 453. The molecule has 11 nitrogen and oxygen atoms in total. The van der Waals surface area contributed by atoms with Gasteiger partial charge in [0.25, 0.3) is 0 Å². The second-order valence-corrected chi connectivity index (χ2v) is 5.86. The van der Waals surface area contributed by atoms with Crippen LogP contribution in [0.4, 0.5) is 0 Å². The molecule has 0 saturated carbocycles. The highest BCUT2D eigenvalue weighted by Gasteiger charge is 2.65. The van der Waals surface area contributed by atoms with Crippen LogP contribution in [0, 0.1) is 4.91 Å². The van der Waals surface area contributed by atoms with Crippen molar-refractivity contribution in [1.82, 2.24) is 0 Å². The molecule has 3 fully saturated rings. The maximum atomic E-state index is 10.8. The Kier molecular flexibility index (Phi) is 4.42. The van der Waals surface area contributed by atoms with E-state index in [-0.39, 0.29) is 0 Å². The van der Waals surface area contributed by atoms with Gasteiger partial charge < -0.3 is 44.5 Å². The first kappa shape index (κ1) is 17.1. The summed E-state index contributed by atoms with van der Waals surface area (Å²) in [5, 5.41) is 51.1. The van der Waals surface area contributed by atoms with Crippen LogP contribution in [-0.2, 0) is 18.9 Å². The summed E-state index contributed by atoms with van der Waals surface area (Å²) < 4.78 is 21.6. The fourth-order valence-electron chi connectivity index (χ4n) is 3.14. The number of aliphatic hydroxyl groups is 5. The van der Waals surface area contributed by atoms with Gasteiger partial charge in [-0.25, -0.2) is 0 Å². The summed E-state index contributed by atoms with van der Waals surface area (Å²) in [5.74, 6) is -3.45. The zero-order valence-electron chi connectivity index (χ0n) is 12.0. The number of ether oxygens (including phenoxy) is 4. The van der Waals surface area contributed by atoms with Crippen LogP contribution in [0.15, 0.2) is 5.18 Å². The molecule has 0 bridgehead atoms. The summed E-state index contributed by atoms with van der Waals surface area (Å²) in [6.07, 6.45) is -6.44. The lowest BCUT2D eigenvalue weighted by molar-refractivity contribution is -0.401. The minimum absolute atomic E-state index is 0.428. The quantitative estimate of drug-likeness (QED) is 0.325. The molecule has 2 spiro atoms. The number of hydrogen-bond acceptors (Lipinski definition) is 11. The lowest BCUT2D eigenvalue weighted by atomic mass is 10.0. The number of hydrogen-bond donors (Lipinski definition) is 5. The Hall–Kier alpha value is -0.760. The Morgan fingerprint density at radius 3 is 1.83 bits per heavy atom. The van der Waals surface area contributed by atoms with Crippen LogP contribution in [0.5, 0.6) is 0 Å². The van der Waals surface area contributed by atoms with Crippen molar-refractivity contribution < 1.29 is 44.5 Å². The van der Waals surface area contributed by atoms with Gasteiger partial charge in [-0.05, 0) is 0 Å². The van der Waals surface area contributed by atoms with Crippen molar-refractivity contribution in [3.63, 3.8) is 0 Å². The third-order valence-electron chi connectivity index (χ3n) is 4.53. The van der Waals surface area contributed by atoms with Gasteiger partial charge in [0.1, 0.15) is 43.7 Å². The molecule has 5 N–H and O–H groups in total. The van der Waals surface area contributed by atoms with Crippen LogP contribution in [0.25, 0.3) is 0 Å². The normalized spacial score (nSPS) is 53.3. The third kappa shape index (κ3) is 2.40. The molecule has 23 heavy (non-hydrogen) atoms. The minimum Gasteiger partial charge on any atom is -0.394 e. The van der Waals surface area contributed by atoms with E-state index in [1.807, 2.05) is 0 Å². The van der Waals surface area contributed by atoms with Crippen LogP contribution >= 0.6 is 0 Å². The van der Waals surface area contributed by atoms with E-state index in [1.54, 1.807) is 0 Å². The molecule has 8 atom stereocenters. The second-order valence-electron chi connectivity index (χ2n) is 5.86. The number of nitrogens with zero attached hydrogens (tertiary/aromatic N) is 1. The smallest absolute Gasteiger partial charge is 0.222 e. The molecule has 0 aliphatic carbocycles. The molecule has 3 aliphatic rings. The molecule has 3 aliphatic heterocycles. The Labute approximate surface area is 130 Å². The van der Waals surface area contributed by atoms with E-state index in [0.29, 0.717) is 0 Å². The molecular weight excluding hydrogens is 318 g/mol. The second kappa shape index (κ2) is 5.95. The topological polar surface area (TPSA) is 168 Å². The highest BCUT2D eigenvalue weighted by Crippen LogP contribution is 2.43. The SMILES string of the molecule is O=NC1C(O)[C@]2(CO[C@@]3(CO2)O[C@H](CO)C(O)C3O)O[C@@H]1CO. The van der Waals surface area contributed by atoms with Crippen molar-refractivity contribution in [2.75, 3.05) is 26.4 Å². The Balaban J connectivity index is 1.75. The van der Waals surface area contributed by atoms with E-state index in [2.05, 4.69) is 5.18 Å². The van der Waals surface area contributed by atoms with Crippen molar-refractivity contribution in [3.05, 3.63) is 4.91 Å². The molecule has 4 unspecified atom stereocenters. The van der Waals surface area contributed by atoms with Crippen LogP contribution in [-0.4, -0.2) is 100 Å². The third-order valence-corrected chi connectivity index (χ3v) is 4.53. The first-order chi connectivity index (χ1) is 10.9. The van der Waals surface area contributed by atoms with E-state index >= 15 is 0 Å². The highest BCUT2D eigenvalue weighted by molar-refractivity contribution is 5.05. The molecule has 3 saturated heterocycles. The van der Waals surface area contributed by atoms with Crippen LogP contribution in [0.3, 0.4) is 0 Å². The summed E-state index contributed by atoms with van der Waals surface area (Å²) in [6.45, 7) is -1.94. The van der Waals surface area contributed by atoms with Gasteiger partial charge >= 0.3 is 0 Å². The molecule has 3 heterocycles. The van der Waals surface area contributed by atoms with Crippen molar-refractivity contribution in [2.45, 2.75) is 48.1 Å². The summed E-state index contributed by atoms with van der Waals surface area (Å²) in [4.78, 5) is 10.8. The number of nitroso groups, excluding NO2 is 1. The zero-order chi connectivity index (χ0) is 16.8. The maximum Gasteiger partial charge on any atom is 0.222 e. The van der Waals surface area contributed by atoms with Gasteiger partial charge in [0, 0.05) is 0 Å². The summed E-state index contributed by atoms with van der Waals surface area (Å²) in [5.41, 5.74) is 0. The minimum atomic E-state index is -1.73. The first-order valence-electron chi connectivity index (χ1n) is 7.15. The van der Waals surface area contributed by atoms with E-state index in [9.17, 15) is 25.3 Å². The molecule has 0 radical (unpaired) electrons. The predicted molar refractivity (Wildman–Crippen MR) is 68.9 cm³/mol. The molecule has 0 aromatic rings. The summed E-state index contributed by atoms with van der Waals surface area (Å²) >= 11 is 0. The van der Waals surface area contributed by atoms with E-state index in [0.717, 1.165) is 0 Å². The van der Waals surface area contributed by atoms with Gasteiger partial charge in [0.2, 0.25) is 11.6 Å². The summed E-state index contributed by atoms with van der Waals surface area (Å²) in [6, 6.07) is -1.23. The molecule has 0 aromatic carbocycles. The van der Waals surface area contributed by atoms with Crippen molar-refractivity contribution in [3.8, 4) is 0 Å². The van der Waals surface area contributed by atoms with E-state index in [4.69, 9.17) is 24.1 Å². The maximum absolute atomic E-state index is 10.8. The molecule has 0 aromatic heterocycles. The number of aliphatic hydroxyl groups excluding tert-OH is 5. The van der Waals surface area contributed by atoms with E-state index < -0.39 is 74.6 Å². The van der Waals surface area contributed by atoms with Gasteiger partial charge in [-0.1, -0.05) is 5.18 Å². The standard InChI is InChI=1S/C12H19NO10/c14-1-5-7(13-19)9(17)11(22-5)3-21-12(4-20-11)10(18)8(16)6(2-15)23-12/h5-10,14-18H,1-4H2/t5-,6-,7?,8?,9?,10?,11+,12+/m1/s1. The first-order valence-corrected chi connectivity index (χ1v) is 7.15. The zero-order valence-corrected chi connectivity index (χ0v) is 12.0. The molecular formula is C12H19NO10. The van der Waals surface area contributed by atoms with Crippen LogP contribution < -0.4 is 0 Å². The molecule has 3 rings (SSSR count). The Morgan fingerprint density at radius 1 is 0.913 bits per heavy atom. The van der Waals surface area contributed by atoms with Crippen molar-refractivity contribution in [1.29, 1.82) is 0 Å². The van der Waals surface area contributed by atoms with Gasteiger partial charge in [-0.3, -0.25) is 0 Å². The lowest BCUT2D eigenvalue weighted by Crippen LogP contribution is -2.62. The largest absolute Gasteiger partial charge is 0.394 e. The van der Waals surface area contributed by atoms with Gasteiger partial charge in [-0.2, -0.15) is 4.91 Å². The highest BCUT2D eigenvalue weighted by atomic mass is 16.8. The van der Waals surface area contributed by atoms with E-state index in [1.165, 1.54) is 0 Å². The molecule has 0 amide bonds.